The van der Waals surface area contributed by atoms with Crippen LogP contribution in [0.4, 0.5) is 5.69 Å². The molecule has 0 fully saturated rings. The third-order valence-corrected chi connectivity index (χ3v) is 6.98. The van der Waals surface area contributed by atoms with Crippen LogP contribution in [0.2, 0.25) is 0 Å². The monoisotopic (exact) mass is 423 g/mol. The predicted octanol–water partition coefficient (Wildman–Crippen LogP) is 7.61. The third-order valence-electron chi connectivity index (χ3n) is 6.98. The summed E-state index contributed by atoms with van der Waals surface area (Å²) in [4.78, 5) is 0. The van der Waals surface area contributed by atoms with Crippen LogP contribution in [0.15, 0.2) is 121 Å². The predicted molar refractivity (Wildman–Crippen MR) is 138 cm³/mol. The molecule has 5 aromatic rings. The highest BCUT2D eigenvalue weighted by molar-refractivity contribution is 5.90. The molecule has 0 heterocycles. The highest BCUT2D eigenvalue weighted by atomic mass is 14.6. The molecule has 0 amide bonds. The molecule has 5 aromatic carbocycles. The van der Waals surface area contributed by atoms with Crippen molar-refractivity contribution in [2.75, 3.05) is 5.73 Å². The van der Waals surface area contributed by atoms with Gasteiger partial charge in [0.1, 0.15) is 0 Å². The molecular formula is C32H25N. The average molecular weight is 424 g/mol. The van der Waals surface area contributed by atoms with Gasteiger partial charge in [-0.15, -0.1) is 0 Å². The average Bonchev–Trinajstić information content (AvgIpc) is 3.15. The first kappa shape index (κ1) is 19.6. The molecule has 0 radical (unpaired) electrons. The molecule has 0 saturated heterocycles. The first-order chi connectivity index (χ1) is 16.2. The van der Waals surface area contributed by atoms with Crippen LogP contribution in [-0.2, 0) is 5.41 Å². The minimum atomic E-state index is -0.361. The van der Waals surface area contributed by atoms with Gasteiger partial charge in [-0.2, -0.15) is 0 Å². The SMILES string of the molecule is Cc1ccc2c(c1)C(c1ccccc1)(c1ccccc1)c1ccc(-c3ccccc3N)cc1-2. The van der Waals surface area contributed by atoms with Crippen LogP contribution < -0.4 is 5.73 Å². The second-order valence-corrected chi connectivity index (χ2v) is 8.88. The fourth-order valence-electron chi connectivity index (χ4n) is 5.53. The van der Waals surface area contributed by atoms with Gasteiger partial charge in [-0.1, -0.05) is 115 Å². The number of fused-ring (bicyclic) bond motifs is 3. The lowest BCUT2D eigenvalue weighted by Gasteiger charge is -2.34. The molecule has 0 atom stereocenters. The van der Waals surface area contributed by atoms with Gasteiger partial charge in [0.15, 0.2) is 0 Å². The van der Waals surface area contributed by atoms with E-state index < -0.39 is 0 Å². The molecule has 0 unspecified atom stereocenters. The molecule has 0 aliphatic heterocycles. The maximum Gasteiger partial charge on any atom is 0.0713 e. The van der Waals surface area contributed by atoms with Crippen molar-refractivity contribution in [2.24, 2.45) is 0 Å². The Morgan fingerprint density at radius 2 is 1.15 bits per heavy atom. The number of aryl methyl sites for hydroxylation is 1. The molecule has 0 aromatic heterocycles. The minimum absolute atomic E-state index is 0.361. The number of hydrogen-bond donors (Lipinski definition) is 1. The van der Waals surface area contributed by atoms with E-state index in [0.29, 0.717) is 0 Å². The number of para-hydroxylation sites is 1. The quantitative estimate of drug-likeness (QED) is 0.291. The molecular weight excluding hydrogens is 398 g/mol. The second-order valence-electron chi connectivity index (χ2n) is 8.88. The molecule has 0 saturated carbocycles. The van der Waals surface area contributed by atoms with Gasteiger partial charge in [0, 0.05) is 11.3 Å². The van der Waals surface area contributed by atoms with E-state index >= 15 is 0 Å². The summed E-state index contributed by atoms with van der Waals surface area (Å²) in [6, 6.07) is 43.7. The van der Waals surface area contributed by atoms with Crippen LogP contribution in [0.5, 0.6) is 0 Å². The van der Waals surface area contributed by atoms with Crippen LogP contribution in [-0.4, -0.2) is 0 Å². The van der Waals surface area contributed by atoms with E-state index in [-0.39, 0.29) is 5.41 Å². The minimum Gasteiger partial charge on any atom is -0.398 e. The van der Waals surface area contributed by atoms with E-state index in [0.717, 1.165) is 16.8 Å². The van der Waals surface area contributed by atoms with Gasteiger partial charge in [0.25, 0.3) is 0 Å². The van der Waals surface area contributed by atoms with Gasteiger partial charge in [0.2, 0.25) is 0 Å². The molecule has 2 N–H and O–H groups in total. The Morgan fingerprint density at radius 1 is 0.515 bits per heavy atom. The van der Waals surface area contributed by atoms with Crippen molar-refractivity contribution < 1.29 is 0 Å². The lowest BCUT2D eigenvalue weighted by Crippen LogP contribution is -2.28. The van der Waals surface area contributed by atoms with Crippen LogP contribution >= 0.6 is 0 Å². The number of benzene rings is 5. The van der Waals surface area contributed by atoms with Crippen molar-refractivity contribution >= 4 is 5.69 Å². The van der Waals surface area contributed by atoms with E-state index in [1.807, 2.05) is 12.1 Å². The summed E-state index contributed by atoms with van der Waals surface area (Å²) >= 11 is 0. The molecule has 1 aliphatic carbocycles. The van der Waals surface area contributed by atoms with E-state index in [1.54, 1.807) is 0 Å². The summed E-state index contributed by atoms with van der Waals surface area (Å²) in [5, 5.41) is 0. The van der Waals surface area contributed by atoms with Crippen LogP contribution in [0.1, 0.15) is 27.8 Å². The summed E-state index contributed by atoms with van der Waals surface area (Å²) in [6.07, 6.45) is 0. The highest BCUT2D eigenvalue weighted by Gasteiger charge is 2.46. The standard InChI is InChI=1S/C32H25N/c1-22-16-18-27-28-21-23(26-14-8-9-15-31(26)33)17-19-29(28)32(30(27)20-22,24-10-4-2-5-11-24)25-12-6-3-7-13-25/h2-21H,33H2,1H3. The Morgan fingerprint density at radius 3 is 1.82 bits per heavy atom. The van der Waals surface area contributed by atoms with Gasteiger partial charge < -0.3 is 5.73 Å². The Kier molecular flexibility index (Phi) is 4.45. The smallest absolute Gasteiger partial charge is 0.0713 e. The van der Waals surface area contributed by atoms with Gasteiger partial charge in [-0.25, -0.2) is 0 Å². The maximum absolute atomic E-state index is 6.35. The third kappa shape index (κ3) is 2.86. The van der Waals surface area contributed by atoms with Crippen molar-refractivity contribution in [2.45, 2.75) is 12.3 Å². The molecule has 6 rings (SSSR count). The summed E-state index contributed by atoms with van der Waals surface area (Å²) in [6.45, 7) is 2.18. The van der Waals surface area contributed by atoms with Gasteiger partial charge in [-0.3, -0.25) is 0 Å². The molecule has 0 bridgehead atoms. The molecule has 1 aliphatic rings. The summed E-state index contributed by atoms with van der Waals surface area (Å²) < 4.78 is 0. The van der Waals surface area contributed by atoms with E-state index in [9.17, 15) is 0 Å². The largest absolute Gasteiger partial charge is 0.398 e. The first-order valence-corrected chi connectivity index (χ1v) is 11.4. The summed E-state index contributed by atoms with van der Waals surface area (Å²) in [5.74, 6) is 0. The van der Waals surface area contributed by atoms with E-state index in [4.69, 9.17) is 5.73 Å². The van der Waals surface area contributed by atoms with E-state index in [1.165, 1.54) is 38.9 Å². The molecule has 1 heteroatoms. The van der Waals surface area contributed by atoms with Crippen molar-refractivity contribution in [1.29, 1.82) is 0 Å². The van der Waals surface area contributed by atoms with Crippen LogP contribution in [0.25, 0.3) is 22.3 Å². The zero-order chi connectivity index (χ0) is 22.4. The van der Waals surface area contributed by atoms with Crippen molar-refractivity contribution in [3.63, 3.8) is 0 Å². The Balaban J connectivity index is 1.73. The number of rotatable bonds is 3. The molecule has 158 valence electrons. The number of nitrogen functional groups attached to an aromatic ring is 1. The fourth-order valence-corrected chi connectivity index (χ4v) is 5.53. The van der Waals surface area contributed by atoms with Crippen molar-refractivity contribution in [3.05, 3.63) is 149 Å². The van der Waals surface area contributed by atoms with Crippen molar-refractivity contribution in [1.82, 2.24) is 0 Å². The second kappa shape index (κ2) is 7.50. The molecule has 1 nitrogen and oxygen atoms in total. The number of anilines is 1. The van der Waals surface area contributed by atoms with Gasteiger partial charge in [0.05, 0.1) is 5.41 Å². The summed E-state index contributed by atoms with van der Waals surface area (Å²) in [5.41, 5.74) is 18.1. The topological polar surface area (TPSA) is 26.0 Å². The molecule has 0 spiro atoms. The fraction of sp³-hybridized carbons (Fsp3) is 0.0625. The summed E-state index contributed by atoms with van der Waals surface area (Å²) in [7, 11) is 0. The lowest BCUT2D eigenvalue weighted by molar-refractivity contribution is 0.767. The van der Waals surface area contributed by atoms with Crippen LogP contribution in [0, 0.1) is 6.92 Å². The van der Waals surface area contributed by atoms with Crippen molar-refractivity contribution in [3.8, 4) is 22.3 Å². The Labute approximate surface area is 195 Å². The maximum atomic E-state index is 6.35. The zero-order valence-electron chi connectivity index (χ0n) is 18.6. The number of hydrogen-bond acceptors (Lipinski definition) is 1. The van der Waals surface area contributed by atoms with E-state index in [2.05, 4.69) is 116 Å². The number of nitrogens with two attached hydrogens (primary N) is 1. The van der Waals surface area contributed by atoms with Gasteiger partial charge in [-0.05, 0) is 58.0 Å². The molecule has 33 heavy (non-hydrogen) atoms. The Hall–Kier alpha value is -4.10. The lowest BCUT2D eigenvalue weighted by atomic mass is 9.67. The highest BCUT2D eigenvalue weighted by Crippen LogP contribution is 2.56. The normalized spacial score (nSPS) is 13.4. The zero-order valence-corrected chi connectivity index (χ0v) is 18.6. The van der Waals surface area contributed by atoms with Crippen LogP contribution in [0.3, 0.4) is 0 Å². The van der Waals surface area contributed by atoms with Gasteiger partial charge >= 0.3 is 0 Å². The first-order valence-electron chi connectivity index (χ1n) is 11.4. The Bertz CT molecular complexity index is 1430.